The van der Waals surface area contributed by atoms with Crippen molar-refractivity contribution < 1.29 is 4.79 Å². The minimum Gasteiger partial charge on any atom is -0.327 e. The molecule has 1 aliphatic heterocycles. The molecule has 0 unspecified atom stereocenters. The molecular formula is C20H18N6O. The van der Waals surface area contributed by atoms with Crippen molar-refractivity contribution in [3.05, 3.63) is 72.3 Å². The van der Waals surface area contributed by atoms with Crippen molar-refractivity contribution in [2.24, 2.45) is 0 Å². The summed E-state index contributed by atoms with van der Waals surface area (Å²) in [6.07, 6.45) is 3.76. The van der Waals surface area contributed by atoms with E-state index in [1.807, 2.05) is 70.1 Å². The normalized spacial score (nSPS) is 16.9. The molecule has 7 heteroatoms. The van der Waals surface area contributed by atoms with Gasteiger partial charge in [-0.2, -0.15) is 5.10 Å². The van der Waals surface area contributed by atoms with Crippen LogP contribution in [0.3, 0.4) is 0 Å². The molecule has 27 heavy (non-hydrogen) atoms. The van der Waals surface area contributed by atoms with E-state index in [9.17, 15) is 4.79 Å². The van der Waals surface area contributed by atoms with Crippen LogP contribution in [0.2, 0.25) is 0 Å². The van der Waals surface area contributed by atoms with E-state index in [2.05, 4.69) is 20.4 Å². The summed E-state index contributed by atoms with van der Waals surface area (Å²) >= 11 is 0. The number of amides is 1. The molecule has 1 N–H and O–H groups in total. The summed E-state index contributed by atoms with van der Waals surface area (Å²) in [5.74, 6) is 0.749. The van der Waals surface area contributed by atoms with Gasteiger partial charge in [-0.3, -0.25) is 14.3 Å². The molecule has 1 saturated heterocycles. The molecular weight excluding hydrogens is 340 g/mol. The topological polar surface area (TPSA) is 79.2 Å². The monoisotopic (exact) mass is 358 g/mol. The van der Waals surface area contributed by atoms with E-state index in [0.29, 0.717) is 12.2 Å². The predicted molar refractivity (Wildman–Crippen MR) is 100 cm³/mol. The molecule has 1 aromatic carbocycles. The molecule has 4 aromatic rings. The van der Waals surface area contributed by atoms with E-state index in [1.165, 1.54) is 0 Å². The summed E-state index contributed by atoms with van der Waals surface area (Å²) in [4.78, 5) is 15.0. The molecule has 3 aromatic heterocycles. The average Bonchev–Trinajstić information content (AvgIpc) is 3.46. The van der Waals surface area contributed by atoms with Crippen LogP contribution in [0.4, 0.5) is 0 Å². The van der Waals surface area contributed by atoms with Crippen LogP contribution in [0.15, 0.2) is 60.8 Å². The second-order valence-electron chi connectivity index (χ2n) is 6.68. The smallest absolute Gasteiger partial charge is 0.272 e. The van der Waals surface area contributed by atoms with Gasteiger partial charge in [0.25, 0.3) is 5.91 Å². The van der Waals surface area contributed by atoms with E-state index < -0.39 is 0 Å². The van der Waals surface area contributed by atoms with Gasteiger partial charge in [0.05, 0.1) is 11.7 Å². The Hall–Kier alpha value is -3.48. The first-order valence-electron chi connectivity index (χ1n) is 9.03. The zero-order valence-electron chi connectivity index (χ0n) is 14.6. The summed E-state index contributed by atoms with van der Waals surface area (Å²) in [5.41, 5.74) is 3.03. The standard InChI is InChI=1S/C20H18N6O/c27-20(16-13-15(21-22-16)14-7-2-1-3-8-14)25-12-6-9-17(25)19-24-23-18-10-4-5-11-26(18)19/h1-5,7-8,10-11,13,17H,6,9,12H2,(H,21,22)/t17-/m0/s1. The third-order valence-electron chi connectivity index (χ3n) is 5.03. The highest BCUT2D eigenvalue weighted by atomic mass is 16.2. The van der Waals surface area contributed by atoms with Crippen LogP contribution in [0.1, 0.15) is 35.2 Å². The lowest BCUT2D eigenvalue weighted by Crippen LogP contribution is -2.31. The van der Waals surface area contributed by atoms with E-state index in [-0.39, 0.29) is 11.9 Å². The number of rotatable bonds is 3. The van der Waals surface area contributed by atoms with E-state index in [4.69, 9.17) is 0 Å². The summed E-state index contributed by atoms with van der Waals surface area (Å²) in [6, 6.07) is 17.3. The highest BCUT2D eigenvalue weighted by Gasteiger charge is 2.34. The largest absolute Gasteiger partial charge is 0.327 e. The number of carbonyl (C=O) groups is 1. The Kier molecular flexibility index (Phi) is 3.71. The number of aromatic amines is 1. The SMILES string of the molecule is O=C(c1cc(-c2ccccc2)n[nH]1)N1CCC[C@H]1c1nnc2ccccn12. The molecule has 1 fully saturated rings. The summed E-state index contributed by atoms with van der Waals surface area (Å²) in [5, 5.41) is 15.8. The number of hydrogen-bond donors (Lipinski definition) is 1. The summed E-state index contributed by atoms with van der Waals surface area (Å²) < 4.78 is 1.96. The molecule has 0 saturated carbocycles. The number of hydrogen-bond acceptors (Lipinski definition) is 4. The molecule has 5 rings (SSSR count). The fourth-order valence-corrected chi connectivity index (χ4v) is 3.71. The van der Waals surface area contributed by atoms with Crippen LogP contribution < -0.4 is 0 Å². The first-order valence-corrected chi connectivity index (χ1v) is 9.03. The lowest BCUT2D eigenvalue weighted by Gasteiger charge is -2.22. The molecule has 0 bridgehead atoms. The van der Waals surface area contributed by atoms with Gasteiger partial charge in [-0.15, -0.1) is 10.2 Å². The van der Waals surface area contributed by atoms with Gasteiger partial charge in [0.2, 0.25) is 0 Å². The maximum Gasteiger partial charge on any atom is 0.272 e. The van der Waals surface area contributed by atoms with Crippen molar-refractivity contribution >= 4 is 11.6 Å². The van der Waals surface area contributed by atoms with Crippen molar-refractivity contribution in [3.63, 3.8) is 0 Å². The molecule has 1 amide bonds. The lowest BCUT2D eigenvalue weighted by molar-refractivity contribution is 0.0723. The molecule has 134 valence electrons. The van der Waals surface area contributed by atoms with Crippen LogP contribution in [-0.4, -0.2) is 42.1 Å². The van der Waals surface area contributed by atoms with Gasteiger partial charge in [-0.1, -0.05) is 36.4 Å². The number of H-pyrrole nitrogens is 1. The van der Waals surface area contributed by atoms with Crippen LogP contribution in [0, 0.1) is 0 Å². The molecule has 4 heterocycles. The van der Waals surface area contributed by atoms with Crippen molar-refractivity contribution in [2.45, 2.75) is 18.9 Å². The average molecular weight is 358 g/mol. The van der Waals surface area contributed by atoms with Crippen molar-refractivity contribution in [1.82, 2.24) is 29.7 Å². The Morgan fingerprint density at radius 1 is 1.07 bits per heavy atom. The van der Waals surface area contributed by atoms with E-state index in [0.717, 1.165) is 35.6 Å². The highest BCUT2D eigenvalue weighted by molar-refractivity contribution is 5.93. The number of likely N-dealkylation sites (tertiary alicyclic amines) is 1. The Morgan fingerprint density at radius 2 is 1.93 bits per heavy atom. The first kappa shape index (κ1) is 15.7. The maximum atomic E-state index is 13.1. The Balaban J connectivity index is 1.45. The maximum absolute atomic E-state index is 13.1. The zero-order valence-corrected chi connectivity index (χ0v) is 14.6. The van der Waals surface area contributed by atoms with Crippen molar-refractivity contribution in [1.29, 1.82) is 0 Å². The first-order chi connectivity index (χ1) is 13.3. The van der Waals surface area contributed by atoms with Crippen LogP contribution in [0.5, 0.6) is 0 Å². The number of nitrogens with zero attached hydrogens (tertiary/aromatic N) is 5. The number of fused-ring (bicyclic) bond motifs is 1. The molecule has 1 aliphatic rings. The highest BCUT2D eigenvalue weighted by Crippen LogP contribution is 2.32. The second-order valence-corrected chi connectivity index (χ2v) is 6.68. The van der Waals surface area contributed by atoms with Gasteiger partial charge >= 0.3 is 0 Å². The minimum absolute atomic E-state index is 0.0557. The summed E-state index contributed by atoms with van der Waals surface area (Å²) in [7, 11) is 0. The Morgan fingerprint density at radius 3 is 2.81 bits per heavy atom. The molecule has 0 aliphatic carbocycles. The zero-order chi connectivity index (χ0) is 18.2. The molecule has 0 spiro atoms. The third-order valence-corrected chi connectivity index (χ3v) is 5.03. The number of pyridine rings is 1. The van der Waals surface area contributed by atoms with E-state index >= 15 is 0 Å². The van der Waals surface area contributed by atoms with Gasteiger partial charge in [-0.05, 0) is 31.0 Å². The van der Waals surface area contributed by atoms with Crippen LogP contribution in [-0.2, 0) is 0 Å². The third kappa shape index (κ3) is 2.68. The van der Waals surface area contributed by atoms with Gasteiger partial charge in [-0.25, -0.2) is 0 Å². The van der Waals surface area contributed by atoms with Crippen LogP contribution in [0.25, 0.3) is 16.9 Å². The molecule has 1 atom stereocenters. The predicted octanol–water partition coefficient (Wildman–Crippen LogP) is 3.10. The second kappa shape index (κ2) is 6.35. The number of carbonyl (C=O) groups excluding carboxylic acids is 1. The van der Waals surface area contributed by atoms with Crippen molar-refractivity contribution in [3.8, 4) is 11.3 Å². The summed E-state index contributed by atoms with van der Waals surface area (Å²) in [6.45, 7) is 0.699. The van der Waals surface area contributed by atoms with Crippen molar-refractivity contribution in [2.75, 3.05) is 6.54 Å². The number of aromatic nitrogens is 5. The van der Waals surface area contributed by atoms with E-state index in [1.54, 1.807) is 0 Å². The Bertz CT molecular complexity index is 1100. The number of benzene rings is 1. The van der Waals surface area contributed by atoms with Gasteiger partial charge in [0.15, 0.2) is 11.5 Å². The molecule has 0 radical (unpaired) electrons. The van der Waals surface area contributed by atoms with Crippen LogP contribution >= 0.6 is 0 Å². The van der Waals surface area contributed by atoms with Gasteiger partial charge in [0, 0.05) is 18.3 Å². The lowest BCUT2D eigenvalue weighted by atomic mass is 10.1. The fourth-order valence-electron chi connectivity index (χ4n) is 3.71. The number of nitrogens with one attached hydrogen (secondary N) is 1. The quantitative estimate of drug-likeness (QED) is 0.610. The molecule has 7 nitrogen and oxygen atoms in total. The fraction of sp³-hybridized carbons (Fsp3) is 0.200. The van der Waals surface area contributed by atoms with Gasteiger partial charge in [0.1, 0.15) is 5.69 Å². The van der Waals surface area contributed by atoms with Gasteiger partial charge < -0.3 is 4.90 Å². The Labute approximate surface area is 155 Å². The minimum atomic E-state index is -0.0848.